The third kappa shape index (κ3) is 5.30. The van der Waals surface area contributed by atoms with Crippen molar-refractivity contribution in [3.05, 3.63) is 24.3 Å². The number of halogens is 1. The molecule has 0 radical (unpaired) electrons. The number of hydrogen-bond acceptors (Lipinski definition) is 8. The van der Waals surface area contributed by atoms with Crippen LogP contribution in [-0.2, 0) is 19.1 Å². The number of hydrogen-bond donors (Lipinski definition) is 3. The SMILES string of the molecule is CCOc1ccc(NC(=O)[C@H]2[C@@H]3SC4(CC3Br)C(C(=O)NCCN3CCOCC3)N([C@H](C)CO)C(=O)[C@H]24)cc1. The van der Waals surface area contributed by atoms with Crippen molar-refractivity contribution in [1.82, 2.24) is 15.1 Å². The minimum absolute atomic E-state index is 0.0179. The van der Waals surface area contributed by atoms with E-state index in [4.69, 9.17) is 9.47 Å². The number of alkyl halides is 1. The number of anilines is 1. The molecule has 7 atom stereocenters. The van der Waals surface area contributed by atoms with Crippen LogP contribution in [0, 0.1) is 11.8 Å². The average Bonchev–Trinajstić information content (AvgIpc) is 3.53. The van der Waals surface area contributed by atoms with Crippen molar-refractivity contribution in [2.75, 3.05) is 57.9 Å². The lowest BCUT2D eigenvalue weighted by Crippen LogP contribution is -2.57. The molecule has 1 aromatic carbocycles. The summed E-state index contributed by atoms with van der Waals surface area (Å²) < 4.78 is 10.1. The molecule has 5 rings (SSSR count). The van der Waals surface area contributed by atoms with E-state index in [1.165, 1.54) is 0 Å². The van der Waals surface area contributed by atoms with Crippen LogP contribution in [0.15, 0.2) is 24.3 Å². The Morgan fingerprint density at radius 3 is 2.64 bits per heavy atom. The molecule has 4 fully saturated rings. The fourth-order valence-corrected chi connectivity index (χ4v) is 10.1. The number of carbonyl (C=O) groups is 3. The van der Waals surface area contributed by atoms with Crippen molar-refractivity contribution in [3.63, 3.8) is 0 Å². The Morgan fingerprint density at radius 1 is 1.26 bits per heavy atom. The summed E-state index contributed by atoms with van der Waals surface area (Å²) in [4.78, 5) is 45.2. The molecule has 12 heteroatoms. The van der Waals surface area contributed by atoms with Crippen molar-refractivity contribution in [2.24, 2.45) is 11.8 Å². The molecule has 1 aromatic rings. The first kappa shape index (κ1) is 28.7. The van der Waals surface area contributed by atoms with E-state index in [1.807, 2.05) is 6.92 Å². The Kier molecular flexibility index (Phi) is 8.77. The largest absolute Gasteiger partial charge is 0.494 e. The van der Waals surface area contributed by atoms with Crippen molar-refractivity contribution >= 4 is 51.1 Å². The van der Waals surface area contributed by atoms with Crippen LogP contribution in [0.4, 0.5) is 5.69 Å². The second-order valence-corrected chi connectivity index (χ2v) is 13.3. The average molecular weight is 626 g/mol. The summed E-state index contributed by atoms with van der Waals surface area (Å²) in [6, 6.07) is 5.85. The zero-order valence-electron chi connectivity index (χ0n) is 22.3. The lowest BCUT2D eigenvalue weighted by molar-refractivity contribution is -0.141. The smallest absolute Gasteiger partial charge is 0.244 e. The van der Waals surface area contributed by atoms with Gasteiger partial charge in [0.15, 0.2) is 0 Å². The van der Waals surface area contributed by atoms with Crippen LogP contribution in [0.1, 0.15) is 20.3 Å². The van der Waals surface area contributed by atoms with Gasteiger partial charge in [0.1, 0.15) is 11.8 Å². The summed E-state index contributed by atoms with van der Waals surface area (Å²) in [6.07, 6.45) is 0.599. The summed E-state index contributed by atoms with van der Waals surface area (Å²) in [5.74, 6) is -1.22. The minimum Gasteiger partial charge on any atom is -0.494 e. The molecule has 10 nitrogen and oxygen atoms in total. The Bertz CT molecular complexity index is 1070. The van der Waals surface area contributed by atoms with Gasteiger partial charge in [0, 0.05) is 41.9 Å². The van der Waals surface area contributed by atoms with Gasteiger partial charge >= 0.3 is 0 Å². The van der Waals surface area contributed by atoms with Gasteiger partial charge in [0.2, 0.25) is 17.7 Å². The number of amides is 3. The number of likely N-dealkylation sites (tertiary alicyclic amines) is 1. The highest BCUT2D eigenvalue weighted by atomic mass is 79.9. The van der Waals surface area contributed by atoms with E-state index >= 15 is 0 Å². The first-order chi connectivity index (χ1) is 18.8. The fourth-order valence-electron chi connectivity index (χ4n) is 6.51. The molecule has 4 aliphatic rings. The van der Waals surface area contributed by atoms with Crippen molar-refractivity contribution in [1.29, 1.82) is 0 Å². The molecule has 3 unspecified atom stereocenters. The predicted octanol–water partition coefficient (Wildman–Crippen LogP) is 1.32. The highest BCUT2D eigenvalue weighted by Crippen LogP contribution is 2.68. The van der Waals surface area contributed by atoms with E-state index in [1.54, 1.807) is 47.9 Å². The van der Waals surface area contributed by atoms with E-state index in [0.717, 1.165) is 13.1 Å². The van der Waals surface area contributed by atoms with Gasteiger partial charge in [-0.1, -0.05) is 15.9 Å². The Labute approximate surface area is 241 Å². The van der Waals surface area contributed by atoms with E-state index in [2.05, 4.69) is 31.5 Å². The summed E-state index contributed by atoms with van der Waals surface area (Å²) in [6.45, 7) is 8.12. The minimum atomic E-state index is -0.764. The first-order valence-electron chi connectivity index (χ1n) is 13.7. The number of benzene rings is 1. The van der Waals surface area contributed by atoms with E-state index in [-0.39, 0.29) is 34.4 Å². The number of ether oxygens (including phenoxy) is 2. The molecule has 1 spiro atoms. The number of rotatable bonds is 10. The molecule has 2 bridgehead atoms. The van der Waals surface area contributed by atoms with Gasteiger partial charge in [-0.3, -0.25) is 19.3 Å². The molecule has 214 valence electrons. The van der Waals surface area contributed by atoms with Crippen LogP contribution in [0.5, 0.6) is 5.75 Å². The van der Waals surface area contributed by atoms with Crippen LogP contribution in [0.25, 0.3) is 0 Å². The van der Waals surface area contributed by atoms with E-state index in [0.29, 0.717) is 50.8 Å². The maximum absolute atomic E-state index is 14.0. The molecular formula is C27H37BrN4O6S. The third-order valence-corrected chi connectivity index (χ3v) is 11.5. The summed E-state index contributed by atoms with van der Waals surface area (Å²) in [5.41, 5.74) is 0.625. The number of nitrogens with one attached hydrogen (secondary N) is 2. The summed E-state index contributed by atoms with van der Waals surface area (Å²) in [5, 5.41) is 15.9. The zero-order chi connectivity index (χ0) is 27.7. The van der Waals surface area contributed by atoms with Crippen LogP contribution in [-0.4, -0.2) is 112 Å². The molecule has 3 amide bonds. The molecule has 4 heterocycles. The highest BCUT2D eigenvalue weighted by Gasteiger charge is 2.76. The van der Waals surface area contributed by atoms with E-state index in [9.17, 15) is 19.5 Å². The molecule has 39 heavy (non-hydrogen) atoms. The van der Waals surface area contributed by atoms with Gasteiger partial charge in [-0.05, 0) is 44.5 Å². The molecule has 4 saturated heterocycles. The maximum atomic E-state index is 14.0. The van der Waals surface area contributed by atoms with Crippen molar-refractivity contribution in [2.45, 2.75) is 47.2 Å². The summed E-state index contributed by atoms with van der Waals surface area (Å²) in [7, 11) is 0. The summed E-state index contributed by atoms with van der Waals surface area (Å²) >= 11 is 5.36. The van der Waals surface area contributed by atoms with Gasteiger partial charge in [-0.2, -0.15) is 0 Å². The maximum Gasteiger partial charge on any atom is 0.244 e. The molecule has 3 N–H and O–H groups in total. The predicted molar refractivity (Wildman–Crippen MR) is 152 cm³/mol. The Hall–Kier alpha value is -1.86. The normalized spacial score (nSPS) is 32.7. The number of aliphatic hydroxyl groups is 1. The third-order valence-electron chi connectivity index (χ3n) is 8.28. The standard InChI is InChI=1S/C27H37BrN4O6S/c1-3-38-18-6-4-17(5-7-18)30-24(34)20-21-26(36)32(16(2)15-33)23(27(21)14-19(28)22(20)39-27)25(35)29-8-9-31-10-12-37-13-11-31/h4-7,16,19-23,33H,3,8-15H2,1-2H3,(H,29,35)(H,30,34)/t16-,19?,20-,21+,22-,23?,27?/m1/s1. The molecule has 0 saturated carbocycles. The number of aliphatic hydroxyl groups excluding tert-OH is 1. The van der Waals surface area contributed by atoms with Gasteiger partial charge < -0.3 is 30.1 Å². The van der Waals surface area contributed by atoms with E-state index < -0.39 is 28.7 Å². The van der Waals surface area contributed by atoms with Crippen LogP contribution in [0.2, 0.25) is 0 Å². The fraction of sp³-hybridized carbons (Fsp3) is 0.667. The van der Waals surface area contributed by atoms with Crippen LogP contribution < -0.4 is 15.4 Å². The molecule has 0 aliphatic carbocycles. The zero-order valence-corrected chi connectivity index (χ0v) is 24.7. The lowest BCUT2D eigenvalue weighted by atomic mass is 9.70. The second kappa shape index (κ2) is 11.9. The second-order valence-electron chi connectivity index (χ2n) is 10.6. The van der Waals surface area contributed by atoms with Crippen LogP contribution in [0.3, 0.4) is 0 Å². The Balaban J connectivity index is 1.36. The topological polar surface area (TPSA) is 120 Å². The number of nitrogens with zero attached hydrogens (tertiary/aromatic N) is 2. The Morgan fingerprint density at radius 2 is 1.97 bits per heavy atom. The molecular weight excluding hydrogens is 588 g/mol. The van der Waals surface area contributed by atoms with Crippen molar-refractivity contribution < 1.29 is 29.0 Å². The van der Waals surface area contributed by atoms with Crippen molar-refractivity contribution in [3.8, 4) is 5.75 Å². The number of thioether (sulfide) groups is 1. The monoisotopic (exact) mass is 624 g/mol. The molecule has 0 aromatic heterocycles. The quantitative estimate of drug-likeness (QED) is 0.333. The van der Waals surface area contributed by atoms with Gasteiger partial charge in [-0.25, -0.2) is 0 Å². The number of morpholine rings is 1. The molecule has 4 aliphatic heterocycles. The van der Waals surface area contributed by atoms with Gasteiger partial charge in [0.05, 0.1) is 49.1 Å². The number of fused-ring (bicyclic) bond motifs is 1. The van der Waals surface area contributed by atoms with Crippen LogP contribution >= 0.6 is 27.7 Å². The lowest BCUT2D eigenvalue weighted by Gasteiger charge is -2.36. The van der Waals surface area contributed by atoms with Gasteiger partial charge in [0.25, 0.3) is 0 Å². The highest BCUT2D eigenvalue weighted by molar-refractivity contribution is 9.09. The first-order valence-corrected chi connectivity index (χ1v) is 15.5. The number of carbonyl (C=O) groups excluding carboxylic acids is 3. The van der Waals surface area contributed by atoms with Gasteiger partial charge in [-0.15, -0.1) is 11.8 Å².